The van der Waals surface area contributed by atoms with Gasteiger partial charge in [0.1, 0.15) is 5.54 Å². The van der Waals surface area contributed by atoms with Crippen LogP contribution in [0.4, 0.5) is 0 Å². The van der Waals surface area contributed by atoms with Crippen molar-refractivity contribution in [3.8, 4) is 0 Å². The molecule has 0 saturated carbocycles. The van der Waals surface area contributed by atoms with E-state index in [2.05, 4.69) is 10.6 Å². The van der Waals surface area contributed by atoms with E-state index in [1.54, 1.807) is 25.7 Å². The predicted molar refractivity (Wildman–Crippen MR) is 62.0 cm³/mol. The highest BCUT2D eigenvalue weighted by Crippen LogP contribution is 2.09. The third-order valence-electron chi connectivity index (χ3n) is 2.71. The number of nitrogens with zero attached hydrogens (tertiary/aromatic N) is 1. The first-order valence-electron chi connectivity index (χ1n) is 5.78. The van der Waals surface area contributed by atoms with Gasteiger partial charge in [-0.15, -0.1) is 0 Å². The van der Waals surface area contributed by atoms with Crippen molar-refractivity contribution in [3.05, 3.63) is 0 Å². The smallest absolute Gasteiger partial charge is 0.247 e. The SMILES string of the molecule is CCC(=O)NC(C)(C)C(=O)N1CCNCC1. The average Bonchev–Trinajstić information content (AvgIpc) is 2.28. The molecule has 0 radical (unpaired) electrons. The first-order chi connectivity index (χ1) is 7.47. The summed E-state index contributed by atoms with van der Waals surface area (Å²) in [4.78, 5) is 25.3. The van der Waals surface area contributed by atoms with Crippen LogP contribution in [0.3, 0.4) is 0 Å². The van der Waals surface area contributed by atoms with E-state index in [-0.39, 0.29) is 11.8 Å². The van der Waals surface area contributed by atoms with Crippen LogP contribution in [0.2, 0.25) is 0 Å². The lowest BCUT2D eigenvalue weighted by molar-refractivity contribution is -0.140. The summed E-state index contributed by atoms with van der Waals surface area (Å²) in [6, 6.07) is 0. The molecule has 2 N–H and O–H groups in total. The molecule has 1 fully saturated rings. The van der Waals surface area contributed by atoms with Crippen LogP contribution in [-0.4, -0.2) is 48.4 Å². The van der Waals surface area contributed by atoms with Crippen molar-refractivity contribution in [2.24, 2.45) is 0 Å². The summed E-state index contributed by atoms with van der Waals surface area (Å²) in [7, 11) is 0. The highest BCUT2D eigenvalue weighted by atomic mass is 16.2. The number of carbonyl (C=O) groups is 2. The fraction of sp³-hybridized carbons (Fsp3) is 0.818. The second kappa shape index (κ2) is 5.30. The summed E-state index contributed by atoms with van der Waals surface area (Å²) >= 11 is 0. The van der Waals surface area contributed by atoms with Gasteiger partial charge in [-0.3, -0.25) is 9.59 Å². The van der Waals surface area contributed by atoms with Gasteiger partial charge in [0, 0.05) is 32.6 Å². The Hall–Kier alpha value is -1.10. The second-order valence-corrected chi connectivity index (χ2v) is 4.57. The van der Waals surface area contributed by atoms with Gasteiger partial charge in [0.2, 0.25) is 11.8 Å². The summed E-state index contributed by atoms with van der Waals surface area (Å²) < 4.78 is 0. The number of hydrogen-bond acceptors (Lipinski definition) is 3. The van der Waals surface area contributed by atoms with Gasteiger partial charge in [0.25, 0.3) is 0 Å². The zero-order chi connectivity index (χ0) is 12.2. The van der Waals surface area contributed by atoms with Crippen molar-refractivity contribution in [2.45, 2.75) is 32.7 Å². The van der Waals surface area contributed by atoms with E-state index in [0.29, 0.717) is 19.5 Å². The molecule has 1 saturated heterocycles. The van der Waals surface area contributed by atoms with Crippen molar-refractivity contribution in [1.82, 2.24) is 15.5 Å². The van der Waals surface area contributed by atoms with E-state index >= 15 is 0 Å². The van der Waals surface area contributed by atoms with Crippen LogP contribution in [0.1, 0.15) is 27.2 Å². The van der Waals surface area contributed by atoms with E-state index < -0.39 is 5.54 Å². The molecule has 0 aromatic rings. The first-order valence-corrected chi connectivity index (χ1v) is 5.78. The van der Waals surface area contributed by atoms with Crippen LogP contribution in [0.25, 0.3) is 0 Å². The molecule has 1 heterocycles. The molecule has 1 rings (SSSR count). The van der Waals surface area contributed by atoms with Crippen LogP contribution in [0, 0.1) is 0 Å². The number of amides is 2. The molecule has 5 heteroatoms. The predicted octanol–water partition coefficient (Wildman–Crippen LogP) is -0.277. The van der Waals surface area contributed by atoms with Crippen molar-refractivity contribution in [2.75, 3.05) is 26.2 Å². The number of rotatable bonds is 3. The second-order valence-electron chi connectivity index (χ2n) is 4.57. The highest BCUT2D eigenvalue weighted by Gasteiger charge is 2.33. The van der Waals surface area contributed by atoms with E-state index in [9.17, 15) is 9.59 Å². The fourth-order valence-corrected chi connectivity index (χ4v) is 1.75. The summed E-state index contributed by atoms with van der Waals surface area (Å²) in [6.07, 6.45) is 0.401. The molecule has 1 aliphatic rings. The van der Waals surface area contributed by atoms with Crippen molar-refractivity contribution >= 4 is 11.8 Å². The molecule has 0 bridgehead atoms. The van der Waals surface area contributed by atoms with Crippen LogP contribution in [0.15, 0.2) is 0 Å². The number of piperazine rings is 1. The van der Waals surface area contributed by atoms with Crippen molar-refractivity contribution in [1.29, 1.82) is 0 Å². The van der Waals surface area contributed by atoms with Crippen LogP contribution >= 0.6 is 0 Å². The van der Waals surface area contributed by atoms with Gasteiger partial charge in [0.15, 0.2) is 0 Å². The molecular formula is C11H21N3O2. The van der Waals surface area contributed by atoms with Gasteiger partial charge >= 0.3 is 0 Å². The Morgan fingerprint density at radius 3 is 2.38 bits per heavy atom. The molecule has 5 nitrogen and oxygen atoms in total. The molecule has 1 aliphatic heterocycles. The number of hydrogen-bond donors (Lipinski definition) is 2. The van der Waals surface area contributed by atoms with Gasteiger partial charge < -0.3 is 15.5 Å². The molecular weight excluding hydrogens is 206 g/mol. The molecule has 0 aliphatic carbocycles. The van der Waals surface area contributed by atoms with E-state index in [1.165, 1.54) is 0 Å². The lowest BCUT2D eigenvalue weighted by Gasteiger charge is -2.35. The third-order valence-corrected chi connectivity index (χ3v) is 2.71. The summed E-state index contributed by atoms with van der Waals surface area (Å²) in [5, 5.41) is 5.94. The Labute approximate surface area is 96.6 Å². The Bertz CT molecular complexity index is 270. The van der Waals surface area contributed by atoms with Crippen molar-refractivity contribution in [3.63, 3.8) is 0 Å². The third kappa shape index (κ3) is 3.20. The van der Waals surface area contributed by atoms with Crippen LogP contribution in [0.5, 0.6) is 0 Å². The normalized spacial score (nSPS) is 17.1. The maximum atomic E-state index is 12.2. The Kier molecular flexibility index (Phi) is 4.29. The quantitative estimate of drug-likeness (QED) is 0.697. The van der Waals surface area contributed by atoms with Gasteiger partial charge in [-0.1, -0.05) is 6.92 Å². The molecule has 0 aromatic carbocycles. The Balaban J connectivity index is 2.59. The standard InChI is InChI=1S/C11H21N3O2/c1-4-9(15)13-11(2,3)10(16)14-7-5-12-6-8-14/h12H,4-8H2,1-3H3,(H,13,15). The lowest BCUT2D eigenvalue weighted by Crippen LogP contribution is -2.59. The summed E-state index contributed by atoms with van der Waals surface area (Å²) in [6.45, 7) is 8.36. The molecule has 0 atom stereocenters. The van der Waals surface area contributed by atoms with Crippen LogP contribution < -0.4 is 10.6 Å². The zero-order valence-corrected chi connectivity index (χ0v) is 10.3. The molecule has 16 heavy (non-hydrogen) atoms. The maximum absolute atomic E-state index is 12.2. The lowest BCUT2D eigenvalue weighted by atomic mass is 10.0. The summed E-state index contributed by atoms with van der Waals surface area (Å²) in [5.41, 5.74) is -0.801. The minimum absolute atomic E-state index is 0.00389. The Morgan fingerprint density at radius 2 is 1.88 bits per heavy atom. The van der Waals surface area contributed by atoms with Gasteiger partial charge in [0.05, 0.1) is 0 Å². The largest absolute Gasteiger partial charge is 0.342 e. The topological polar surface area (TPSA) is 61.4 Å². The van der Waals surface area contributed by atoms with Gasteiger partial charge in [-0.2, -0.15) is 0 Å². The zero-order valence-electron chi connectivity index (χ0n) is 10.3. The fourth-order valence-electron chi connectivity index (χ4n) is 1.75. The maximum Gasteiger partial charge on any atom is 0.247 e. The molecule has 92 valence electrons. The van der Waals surface area contributed by atoms with Gasteiger partial charge in [-0.25, -0.2) is 0 Å². The molecule has 0 aromatic heterocycles. The number of nitrogens with one attached hydrogen (secondary N) is 2. The molecule has 0 spiro atoms. The minimum atomic E-state index is -0.801. The average molecular weight is 227 g/mol. The van der Waals surface area contributed by atoms with E-state index in [1.807, 2.05) is 0 Å². The molecule has 2 amide bonds. The van der Waals surface area contributed by atoms with E-state index in [0.717, 1.165) is 13.1 Å². The minimum Gasteiger partial charge on any atom is -0.342 e. The van der Waals surface area contributed by atoms with Crippen molar-refractivity contribution < 1.29 is 9.59 Å². The van der Waals surface area contributed by atoms with E-state index in [4.69, 9.17) is 0 Å². The highest BCUT2D eigenvalue weighted by molar-refractivity contribution is 5.90. The monoisotopic (exact) mass is 227 g/mol. The molecule has 0 unspecified atom stereocenters. The Morgan fingerprint density at radius 1 is 1.31 bits per heavy atom. The number of carbonyl (C=O) groups excluding carboxylic acids is 2. The van der Waals surface area contributed by atoms with Crippen LogP contribution in [-0.2, 0) is 9.59 Å². The summed E-state index contributed by atoms with van der Waals surface area (Å²) in [5.74, 6) is -0.0933. The first kappa shape index (κ1) is 13.0. The van der Waals surface area contributed by atoms with Gasteiger partial charge in [-0.05, 0) is 13.8 Å².